The number of alkyl carbamates (subject to hydrolysis) is 1. The molecule has 42 heavy (non-hydrogen) atoms. The fraction of sp³-hybridized carbons (Fsp3) is 0.621. The predicted octanol–water partition coefficient (Wildman–Crippen LogP) is 4.72. The SMILES string of the molecule is CC(C)(C)OC(=O)NC1CC(c2nnc(C3CCC4CN3C(=O)N4OCc3ccccc3)o2)N(C(=O)OC(C)(C)C)C1. The van der Waals surface area contributed by atoms with Crippen LogP contribution in [-0.2, 0) is 20.9 Å². The minimum atomic E-state index is -0.721. The lowest BCUT2D eigenvalue weighted by Gasteiger charge is -2.28. The van der Waals surface area contributed by atoms with Gasteiger partial charge in [0, 0.05) is 13.1 Å². The number of likely N-dealkylation sites (tertiary alicyclic amines) is 1. The third-order valence-electron chi connectivity index (χ3n) is 7.21. The third kappa shape index (κ3) is 6.77. The zero-order chi connectivity index (χ0) is 30.2. The topological polar surface area (TPSA) is 140 Å². The van der Waals surface area contributed by atoms with E-state index in [0.29, 0.717) is 31.9 Å². The molecule has 4 amide bonds. The number of fused-ring (bicyclic) bond motifs is 2. The maximum absolute atomic E-state index is 13.3. The number of carbonyl (C=O) groups is 3. The van der Waals surface area contributed by atoms with Crippen LogP contribution >= 0.6 is 0 Å². The molecule has 2 aromatic rings. The molecule has 3 aliphatic rings. The summed E-state index contributed by atoms with van der Waals surface area (Å²) in [5.41, 5.74) is -0.408. The Kier molecular flexibility index (Phi) is 8.06. The van der Waals surface area contributed by atoms with Gasteiger partial charge in [0.2, 0.25) is 11.8 Å². The van der Waals surface area contributed by atoms with Crippen molar-refractivity contribution < 1.29 is 33.1 Å². The van der Waals surface area contributed by atoms with Crippen LogP contribution in [0, 0.1) is 0 Å². The molecule has 13 nitrogen and oxygen atoms in total. The van der Waals surface area contributed by atoms with E-state index in [2.05, 4.69) is 15.5 Å². The van der Waals surface area contributed by atoms with E-state index in [1.165, 1.54) is 9.96 Å². The number of rotatable bonds is 6. The molecule has 0 spiro atoms. The second-order valence-electron chi connectivity index (χ2n) is 13.0. The van der Waals surface area contributed by atoms with Crippen molar-refractivity contribution in [2.75, 3.05) is 13.1 Å². The van der Waals surface area contributed by atoms with Crippen molar-refractivity contribution >= 4 is 18.2 Å². The molecule has 4 unspecified atom stereocenters. The van der Waals surface area contributed by atoms with Gasteiger partial charge < -0.3 is 24.1 Å². The first kappa shape index (κ1) is 29.6. The quantitative estimate of drug-likeness (QED) is 0.511. The van der Waals surface area contributed by atoms with Gasteiger partial charge in [-0.25, -0.2) is 14.4 Å². The van der Waals surface area contributed by atoms with E-state index in [0.717, 1.165) is 12.0 Å². The van der Waals surface area contributed by atoms with Crippen molar-refractivity contribution in [2.24, 2.45) is 0 Å². The number of hydrogen-bond donors (Lipinski definition) is 1. The number of piperidine rings is 1. The van der Waals surface area contributed by atoms with Gasteiger partial charge in [-0.15, -0.1) is 10.2 Å². The van der Waals surface area contributed by atoms with Crippen molar-refractivity contribution in [1.82, 2.24) is 30.4 Å². The largest absolute Gasteiger partial charge is 0.444 e. The van der Waals surface area contributed by atoms with E-state index in [1.807, 2.05) is 30.3 Å². The van der Waals surface area contributed by atoms with Crippen LogP contribution in [0.5, 0.6) is 0 Å². The van der Waals surface area contributed by atoms with Crippen LogP contribution in [0.15, 0.2) is 34.7 Å². The van der Waals surface area contributed by atoms with Crippen molar-refractivity contribution in [3.63, 3.8) is 0 Å². The summed E-state index contributed by atoms with van der Waals surface area (Å²) in [4.78, 5) is 48.0. The number of benzene rings is 1. The third-order valence-corrected chi connectivity index (χ3v) is 7.21. The van der Waals surface area contributed by atoms with E-state index < -0.39 is 41.5 Å². The Morgan fingerprint density at radius 3 is 2.29 bits per heavy atom. The molecular weight excluding hydrogens is 544 g/mol. The Bertz CT molecular complexity index is 1290. The van der Waals surface area contributed by atoms with Crippen molar-refractivity contribution in [1.29, 1.82) is 0 Å². The maximum atomic E-state index is 13.3. The van der Waals surface area contributed by atoms with Crippen LogP contribution < -0.4 is 5.32 Å². The molecule has 1 aromatic carbocycles. The number of aromatic nitrogens is 2. The number of hydrogen-bond acceptors (Lipinski definition) is 9. The standard InChI is InChI=1S/C29H40N6O7/c1-28(2,3)41-25(36)30-19-14-22(34(15-19)27(38)42-29(4,5)6)24-32-31-23(40-24)21-13-12-20-16-33(21)26(37)35(20)39-17-18-10-8-7-9-11-18/h7-11,19-22H,12-17H2,1-6H3,(H,30,36). The number of hydroxylamine groups is 2. The van der Waals surface area contributed by atoms with Crippen LogP contribution in [0.1, 0.15) is 90.2 Å². The second kappa shape index (κ2) is 11.4. The van der Waals surface area contributed by atoms with Crippen molar-refractivity contribution in [3.8, 4) is 0 Å². The molecule has 1 N–H and O–H groups in total. The lowest BCUT2D eigenvalue weighted by atomic mass is 10.0. The Balaban J connectivity index is 1.29. The van der Waals surface area contributed by atoms with Gasteiger partial charge in [0.15, 0.2) is 0 Å². The minimum Gasteiger partial charge on any atom is -0.444 e. The molecule has 3 saturated heterocycles. The number of carbonyl (C=O) groups excluding carboxylic acids is 3. The van der Waals surface area contributed by atoms with Gasteiger partial charge in [-0.05, 0) is 66.4 Å². The van der Waals surface area contributed by atoms with Crippen LogP contribution in [0.25, 0.3) is 0 Å². The van der Waals surface area contributed by atoms with E-state index in [1.54, 1.807) is 46.4 Å². The van der Waals surface area contributed by atoms with Crippen molar-refractivity contribution in [3.05, 3.63) is 47.7 Å². The highest BCUT2D eigenvalue weighted by molar-refractivity contribution is 5.77. The summed E-state index contributed by atoms with van der Waals surface area (Å²) in [6.45, 7) is 11.7. The van der Waals surface area contributed by atoms with Crippen LogP contribution in [0.2, 0.25) is 0 Å². The molecule has 3 fully saturated rings. The zero-order valence-corrected chi connectivity index (χ0v) is 25.0. The second-order valence-corrected chi connectivity index (χ2v) is 13.0. The fourth-order valence-corrected chi connectivity index (χ4v) is 5.46. The highest BCUT2D eigenvalue weighted by Crippen LogP contribution is 2.40. The van der Waals surface area contributed by atoms with Crippen LogP contribution in [-0.4, -0.2) is 79.7 Å². The van der Waals surface area contributed by atoms with Gasteiger partial charge in [-0.3, -0.25) is 9.74 Å². The van der Waals surface area contributed by atoms with Gasteiger partial charge in [0.25, 0.3) is 0 Å². The van der Waals surface area contributed by atoms with E-state index in [-0.39, 0.29) is 24.5 Å². The van der Waals surface area contributed by atoms with Crippen LogP contribution in [0.4, 0.5) is 14.4 Å². The molecule has 0 radical (unpaired) electrons. The lowest BCUT2D eigenvalue weighted by Crippen LogP contribution is -2.42. The number of nitrogens with zero attached hydrogens (tertiary/aromatic N) is 5. The smallest absolute Gasteiger partial charge is 0.411 e. The molecule has 0 aliphatic carbocycles. The summed E-state index contributed by atoms with van der Waals surface area (Å²) in [5, 5.41) is 12.9. The molecule has 4 atom stereocenters. The summed E-state index contributed by atoms with van der Waals surface area (Å²) in [6, 6.07) is 7.94. The van der Waals surface area contributed by atoms with E-state index in [4.69, 9.17) is 18.7 Å². The fourth-order valence-electron chi connectivity index (χ4n) is 5.46. The molecule has 3 aliphatic heterocycles. The maximum Gasteiger partial charge on any atom is 0.411 e. The van der Waals surface area contributed by atoms with Gasteiger partial charge in [-0.2, -0.15) is 5.06 Å². The summed E-state index contributed by atoms with van der Waals surface area (Å²) in [7, 11) is 0. The molecule has 13 heteroatoms. The van der Waals surface area contributed by atoms with E-state index >= 15 is 0 Å². The number of ether oxygens (including phenoxy) is 2. The minimum absolute atomic E-state index is 0.0583. The molecule has 228 valence electrons. The van der Waals surface area contributed by atoms with Gasteiger partial charge >= 0.3 is 18.2 Å². The highest BCUT2D eigenvalue weighted by Gasteiger charge is 2.48. The Labute approximate surface area is 245 Å². The highest BCUT2D eigenvalue weighted by atomic mass is 16.7. The summed E-state index contributed by atoms with van der Waals surface area (Å²) in [5.74, 6) is 0.518. The van der Waals surface area contributed by atoms with E-state index in [9.17, 15) is 14.4 Å². The molecule has 0 saturated carbocycles. The Hall–Kier alpha value is -3.87. The molecule has 5 rings (SSSR count). The number of urea groups is 1. The van der Waals surface area contributed by atoms with Gasteiger partial charge in [0.1, 0.15) is 29.9 Å². The predicted molar refractivity (Wildman–Crippen MR) is 149 cm³/mol. The number of amides is 4. The normalized spacial score (nSPS) is 24.2. The summed E-state index contributed by atoms with van der Waals surface area (Å²) in [6.07, 6.45) is 0.548. The zero-order valence-electron chi connectivity index (χ0n) is 25.0. The molecular formula is C29H40N6O7. The number of nitrogens with one attached hydrogen (secondary N) is 1. The molecule has 1 aromatic heterocycles. The molecule has 4 heterocycles. The summed E-state index contributed by atoms with van der Waals surface area (Å²) < 4.78 is 17.2. The first-order valence-corrected chi connectivity index (χ1v) is 14.4. The average molecular weight is 585 g/mol. The lowest BCUT2D eigenvalue weighted by molar-refractivity contribution is -0.140. The van der Waals surface area contributed by atoms with Crippen molar-refractivity contribution in [2.45, 2.75) is 103 Å². The Morgan fingerprint density at radius 1 is 0.952 bits per heavy atom. The monoisotopic (exact) mass is 584 g/mol. The molecule has 2 bridgehead atoms. The van der Waals surface area contributed by atoms with Gasteiger partial charge in [-0.1, -0.05) is 30.3 Å². The first-order valence-electron chi connectivity index (χ1n) is 14.4. The first-order chi connectivity index (χ1) is 19.8. The van der Waals surface area contributed by atoms with Crippen LogP contribution in [0.3, 0.4) is 0 Å². The van der Waals surface area contributed by atoms with Gasteiger partial charge in [0.05, 0.1) is 12.1 Å². The Morgan fingerprint density at radius 2 is 1.62 bits per heavy atom. The average Bonchev–Trinajstić information content (AvgIpc) is 3.59. The summed E-state index contributed by atoms with van der Waals surface area (Å²) >= 11 is 0.